The predicted octanol–water partition coefficient (Wildman–Crippen LogP) is 0.771. The van der Waals surface area contributed by atoms with Gasteiger partial charge in [-0.15, -0.1) is 0 Å². The molecule has 0 aromatic heterocycles. The summed E-state index contributed by atoms with van der Waals surface area (Å²) in [7, 11) is 3.35. The van der Waals surface area contributed by atoms with Crippen LogP contribution in [-0.2, 0) is 4.79 Å². The lowest BCUT2D eigenvalue weighted by molar-refractivity contribution is -0.384. The first-order valence-corrected chi connectivity index (χ1v) is 5.64. The molecular formula is C11H17N5O3. The molecule has 0 heterocycles. The Morgan fingerprint density at radius 3 is 2.53 bits per heavy atom. The highest BCUT2D eigenvalue weighted by Gasteiger charge is 2.10. The number of carbonyl (C=O) groups excluding carboxylic acids is 1. The van der Waals surface area contributed by atoms with Crippen LogP contribution in [0.2, 0.25) is 0 Å². The van der Waals surface area contributed by atoms with Gasteiger partial charge in [-0.05, 0) is 6.07 Å². The summed E-state index contributed by atoms with van der Waals surface area (Å²) in [5.74, 6) is 5.22. The third kappa shape index (κ3) is 4.43. The van der Waals surface area contributed by atoms with Gasteiger partial charge in [-0.1, -0.05) is 0 Å². The lowest BCUT2D eigenvalue weighted by Crippen LogP contribution is -2.23. The number of nitro benzene ring substituents is 1. The zero-order valence-electron chi connectivity index (χ0n) is 10.8. The molecule has 1 rings (SSSR count). The highest BCUT2D eigenvalue weighted by molar-refractivity contribution is 5.76. The van der Waals surface area contributed by atoms with Gasteiger partial charge >= 0.3 is 0 Å². The van der Waals surface area contributed by atoms with Gasteiger partial charge in [0.25, 0.3) is 5.69 Å². The van der Waals surface area contributed by atoms with Crippen molar-refractivity contribution in [3.63, 3.8) is 0 Å². The zero-order chi connectivity index (χ0) is 14.4. The fourth-order valence-electron chi connectivity index (χ4n) is 1.44. The topological polar surface area (TPSA) is 114 Å². The highest BCUT2D eigenvalue weighted by Crippen LogP contribution is 2.23. The summed E-state index contributed by atoms with van der Waals surface area (Å²) >= 11 is 0. The minimum absolute atomic E-state index is 0.0184. The highest BCUT2D eigenvalue weighted by atomic mass is 16.6. The van der Waals surface area contributed by atoms with E-state index >= 15 is 0 Å². The van der Waals surface area contributed by atoms with Crippen LogP contribution in [-0.4, -0.2) is 36.4 Å². The summed E-state index contributed by atoms with van der Waals surface area (Å²) in [4.78, 5) is 23.1. The number of hydrogen-bond donors (Lipinski definition) is 3. The van der Waals surface area contributed by atoms with Gasteiger partial charge in [-0.2, -0.15) is 0 Å². The maximum Gasteiger partial charge on any atom is 0.273 e. The Balaban J connectivity index is 2.70. The van der Waals surface area contributed by atoms with Gasteiger partial charge in [-0.3, -0.25) is 20.8 Å². The Hall–Kier alpha value is -2.35. The molecule has 0 aliphatic rings. The third-order valence-electron chi connectivity index (χ3n) is 2.46. The van der Waals surface area contributed by atoms with E-state index in [1.807, 2.05) is 0 Å². The van der Waals surface area contributed by atoms with E-state index < -0.39 is 4.92 Å². The van der Waals surface area contributed by atoms with Crippen molar-refractivity contribution >= 4 is 23.0 Å². The number of carbonyl (C=O) groups is 1. The van der Waals surface area contributed by atoms with Gasteiger partial charge in [0.2, 0.25) is 5.91 Å². The molecule has 0 aliphatic carbocycles. The average Bonchev–Trinajstić information content (AvgIpc) is 2.37. The number of hydrogen-bond acceptors (Lipinski definition) is 6. The van der Waals surface area contributed by atoms with Crippen molar-refractivity contribution in [2.45, 2.75) is 6.42 Å². The Labute approximate surface area is 110 Å². The number of nitrogen functional groups attached to an aromatic ring is 1. The van der Waals surface area contributed by atoms with Crippen molar-refractivity contribution in [3.8, 4) is 0 Å². The largest absolute Gasteiger partial charge is 0.384 e. The van der Waals surface area contributed by atoms with E-state index in [2.05, 4.69) is 10.7 Å². The summed E-state index contributed by atoms with van der Waals surface area (Å²) < 4.78 is 0. The number of benzene rings is 1. The number of hydrazine groups is 1. The summed E-state index contributed by atoms with van der Waals surface area (Å²) in [6, 6.07) is 4.35. The van der Waals surface area contributed by atoms with E-state index in [0.717, 1.165) is 0 Å². The van der Waals surface area contributed by atoms with Crippen LogP contribution < -0.4 is 16.6 Å². The van der Waals surface area contributed by atoms with E-state index in [0.29, 0.717) is 24.3 Å². The van der Waals surface area contributed by atoms with Gasteiger partial charge in [0, 0.05) is 44.9 Å². The summed E-state index contributed by atoms with van der Waals surface area (Å²) in [6.07, 6.45) is 0.307. The number of nitrogens with two attached hydrogens (primary N) is 1. The summed E-state index contributed by atoms with van der Waals surface area (Å²) in [5.41, 5.74) is 3.25. The zero-order valence-corrected chi connectivity index (χ0v) is 10.8. The molecule has 4 N–H and O–H groups in total. The average molecular weight is 267 g/mol. The van der Waals surface area contributed by atoms with Crippen LogP contribution in [0.4, 0.5) is 17.1 Å². The van der Waals surface area contributed by atoms with Gasteiger partial charge < -0.3 is 15.6 Å². The molecule has 19 heavy (non-hydrogen) atoms. The van der Waals surface area contributed by atoms with E-state index in [4.69, 9.17) is 5.84 Å². The normalized spacial score (nSPS) is 9.84. The molecule has 0 spiro atoms. The number of non-ortho nitro benzene ring substituents is 1. The molecule has 8 nitrogen and oxygen atoms in total. The molecule has 0 saturated carbocycles. The van der Waals surface area contributed by atoms with Crippen LogP contribution in [0.15, 0.2) is 18.2 Å². The first kappa shape index (κ1) is 14.7. The number of amides is 1. The van der Waals surface area contributed by atoms with Crippen LogP contribution >= 0.6 is 0 Å². The fourth-order valence-corrected chi connectivity index (χ4v) is 1.44. The number of nitrogens with one attached hydrogen (secondary N) is 2. The molecule has 1 amide bonds. The number of nitrogens with zero attached hydrogens (tertiary/aromatic N) is 2. The molecule has 0 radical (unpaired) electrons. The number of anilines is 2. The summed E-state index contributed by atoms with van der Waals surface area (Å²) in [6.45, 7) is 0.391. The van der Waals surface area contributed by atoms with E-state index in [1.165, 1.54) is 17.0 Å². The molecule has 0 unspecified atom stereocenters. The van der Waals surface area contributed by atoms with E-state index in [-0.39, 0.29) is 11.6 Å². The molecule has 0 aliphatic heterocycles. The maximum atomic E-state index is 11.4. The van der Waals surface area contributed by atoms with Crippen molar-refractivity contribution in [3.05, 3.63) is 28.3 Å². The maximum absolute atomic E-state index is 11.4. The number of nitro groups is 1. The molecular weight excluding hydrogens is 250 g/mol. The number of rotatable bonds is 6. The van der Waals surface area contributed by atoms with Crippen LogP contribution in [0, 0.1) is 10.1 Å². The van der Waals surface area contributed by atoms with Crippen molar-refractivity contribution in [1.29, 1.82) is 0 Å². The molecule has 1 aromatic carbocycles. The third-order valence-corrected chi connectivity index (χ3v) is 2.46. The van der Waals surface area contributed by atoms with Gasteiger partial charge in [0.15, 0.2) is 0 Å². The van der Waals surface area contributed by atoms with E-state index in [1.54, 1.807) is 20.2 Å². The summed E-state index contributed by atoms with van der Waals surface area (Å²) in [5, 5.41) is 13.7. The van der Waals surface area contributed by atoms with Crippen LogP contribution in [0.5, 0.6) is 0 Å². The minimum atomic E-state index is -0.503. The second-order valence-electron chi connectivity index (χ2n) is 4.13. The van der Waals surface area contributed by atoms with Crippen LogP contribution in [0.25, 0.3) is 0 Å². The fraction of sp³-hybridized carbons (Fsp3) is 0.364. The quantitative estimate of drug-likeness (QED) is 0.398. The smallest absolute Gasteiger partial charge is 0.273 e. The molecule has 0 atom stereocenters. The Morgan fingerprint density at radius 2 is 2.00 bits per heavy atom. The standard InChI is InChI=1S/C11H17N5O3/c1-15(2)11(17)3-4-13-8-5-9(14-12)7-10(6-8)16(18)19/h5-7,13-14H,3-4,12H2,1-2H3. The van der Waals surface area contributed by atoms with Crippen molar-refractivity contribution in [2.24, 2.45) is 5.84 Å². The lowest BCUT2D eigenvalue weighted by Gasteiger charge is -2.11. The van der Waals surface area contributed by atoms with Gasteiger partial charge in [0.05, 0.1) is 10.6 Å². The molecule has 1 aromatic rings. The van der Waals surface area contributed by atoms with Crippen molar-refractivity contribution in [1.82, 2.24) is 4.90 Å². The Kier molecular flexibility index (Phi) is 5.07. The van der Waals surface area contributed by atoms with Gasteiger partial charge in [-0.25, -0.2) is 0 Å². The van der Waals surface area contributed by atoms with Crippen molar-refractivity contribution in [2.75, 3.05) is 31.4 Å². The van der Waals surface area contributed by atoms with Crippen molar-refractivity contribution < 1.29 is 9.72 Å². The molecule has 8 heteroatoms. The van der Waals surface area contributed by atoms with Crippen LogP contribution in [0.3, 0.4) is 0 Å². The second-order valence-corrected chi connectivity index (χ2v) is 4.13. The predicted molar refractivity (Wildman–Crippen MR) is 72.7 cm³/mol. The van der Waals surface area contributed by atoms with Gasteiger partial charge in [0.1, 0.15) is 0 Å². The lowest BCUT2D eigenvalue weighted by atomic mass is 10.2. The molecule has 104 valence electrons. The molecule has 0 fully saturated rings. The SMILES string of the molecule is CN(C)C(=O)CCNc1cc(NN)cc([N+](=O)[O-])c1. The Morgan fingerprint density at radius 1 is 1.37 bits per heavy atom. The first-order valence-electron chi connectivity index (χ1n) is 5.64. The Bertz CT molecular complexity index is 475. The monoisotopic (exact) mass is 267 g/mol. The van der Waals surface area contributed by atoms with E-state index in [9.17, 15) is 14.9 Å². The molecule has 0 bridgehead atoms. The minimum Gasteiger partial charge on any atom is -0.384 e. The first-order chi connectivity index (χ1) is 8.93. The van der Waals surface area contributed by atoms with Crippen LogP contribution in [0.1, 0.15) is 6.42 Å². The molecule has 0 saturated heterocycles. The second kappa shape index (κ2) is 6.55.